The maximum absolute atomic E-state index is 13.7. The summed E-state index contributed by atoms with van der Waals surface area (Å²) < 4.78 is 20.3. The van der Waals surface area contributed by atoms with Crippen LogP contribution in [0.2, 0.25) is 0 Å². The molecule has 2 heterocycles. The van der Waals surface area contributed by atoms with Crippen LogP contribution in [0.5, 0.6) is 5.75 Å². The number of benzene rings is 1. The van der Waals surface area contributed by atoms with Crippen molar-refractivity contribution in [2.24, 2.45) is 7.05 Å². The lowest BCUT2D eigenvalue weighted by Gasteiger charge is -2.33. The zero-order chi connectivity index (χ0) is 17.8. The van der Waals surface area contributed by atoms with E-state index in [-0.39, 0.29) is 17.5 Å². The molecule has 1 fully saturated rings. The third-order valence-electron chi connectivity index (χ3n) is 4.46. The molecular formula is C18H23FN4O2. The van der Waals surface area contributed by atoms with Gasteiger partial charge in [0.25, 0.3) is 0 Å². The number of amides is 1. The number of halogens is 1. The highest BCUT2D eigenvalue weighted by atomic mass is 19.1. The van der Waals surface area contributed by atoms with Crippen molar-refractivity contribution < 1.29 is 13.9 Å². The minimum absolute atomic E-state index is 0.0924. The van der Waals surface area contributed by atoms with Crippen molar-refractivity contribution in [2.75, 3.05) is 38.2 Å². The topological polar surface area (TPSA) is 50.6 Å². The molecule has 1 aromatic heterocycles. The van der Waals surface area contributed by atoms with Crippen molar-refractivity contribution in [1.82, 2.24) is 14.7 Å². The molecule has 0 aliphatic carbocycles. The average molecular weight is 346 g/mol. The standard InChI is InChI=1S/C18H23FN4O2/c1-21-12-15(11-20-21)23-9-8-22(13-18(23)24)7-3-4-14-5-6-17(25-2)16(19)10-14/h5-6,10-12H,3-4,7-9,13H2,1-2H3. The second kappa shape index (κ2) is 7.65. The smallest absolute Gasteiger partial charge is 0.241 e. The Morgan fingerprint density at radius 3 is 2.80 bits per heavy atom. The van der Waals surface area contributed by atoms with Gasteiger partial charge in [-0.25, -0.2) is 4.39 Å². The van der Waals surface area contributed by atoms with Crippen LogP contribution < -0.4 is 9.64 Å². The van der Waals surface area contributed by atoms with Crippen LogP contribution in [0, 0.1) is 5.82 Å². The molecule has 0 saturated carbocycles. The van der Waals surface area contributed by atoms with E-state index in [2.05, 4.69) is 10.00 Å². The van der Waals surface area contributed by atoms with E-state index in [0.29, 0.717) is 13.1 Å². The Balaban J connectivity index is 1.47. The Kier molecular flexibility index (Phi) is 5.33. The molecule has 1 aliphatic heterocycles. The first-order valence-corrected chi connectivity index (χ1v) is 8.40. The number of anilines is 1. The third kappa shape index (κ3) is 4.17. The highest BCUT2D eigenvalue weighted by molar-refractivity contribution is 5.95. The molecule has 134 valence electrons. The Labute approximate surface area is 146 Å². The van der Waals surface area contributed by atoms with E-state index in [0.717, 1.165) is 37.2 Å². The van der Waals surface area contributed by atoms with Gasteiger partial charge in [-0.05, 0) is 37.1 Å². The summed E-state index contributed by atoms with van der Waals surface area (Å²) in [7, 11) is 3.30. The van der Waals surface area contributed by atoms with Crippen LogP contribution in [-0.2, 0) is 18.3 Å². The zero-order valence-corrected chi connectivity index (χ0v) is 14.6. The lowest BCUT2D eigenvalue weighted by atomic mass is 10.1. The molecule has 0 unspecified atom stereocenters. The quantitative estimate of drug-likeness (QED) is 0.801. The maximum Gasteiger partial charge on any atom is 0.241 e. The van der Waals surface area contributed by atoms with Crippen LogP contribution in [0.3, 0.4) is 0 Å². The number of carbonyl (C=O) groups excluding carboxylic acids is 1. The highest BCUT2D eigenvalue weighted by Crippen LogP contribution is 2.19. The predicted molar refractivity (Wildman–Crippen MR) is 93.3 cm³/mol. The van der Waals surface area contributed by atoms with E-state index in [4.69, 9.17) is 4.74 Å². The largest absolute Gasteiger partial charge is 0.494 e. The fourth-order valence-electron chi connectivity index (χ4n) is 3.11. The monoisotopic (exact) mass is 346 g/mol. The first-order chi connectivity index (χ1) is 12.1. The van der Waals surface area contributed by atoms with Crippen LogP contribution in [0.4, 0.5) is 10.1 Å². The van der Waals surface area contributed by atoms with Crippen LogP contribution in [0.25, 0.3) is 0 Å². The fourth-order valence-corrected chi connectivity index (χ4v) is 3.11. The Hall–Kier alpha value is -2.41. The van der Waals surface area contributed by atoms with Crippen molar-refractivity contribution in [1.29, 1.82) is 0 Å². The molecule has 0 N–H and O–H groups in total. The lowest BCUT2D eigenvalue weighted by molar-refractivity contribution is -0.121. The number of hydrogen-bond acceptors (Lipinski definition) is 4. The number of hydrogen-bond donors (Lipinski definition) is 0. The predicted octanol–water partition coefficient (Wildman–Crippen LogP) is 1.85. The molecule has 0 radical (unpaired) electrons. The summed E-state index contributed by atoms with van der Waals surface area (Å²) >= 11 is 0. The number of nitrogens with zero attached hydrogens (tertiary/aromatic N) is 4. The van der Waals surface area contributed by atoms with Gasteiger partial charge >= 0.3 is 0 Å². The van der Waals surface area contributed by atoms with Gasteiger partial charge < -0.3 is 9.64 Å². The number of piperazine rings is 1. The first-order valence-electron chi connectivity index (χ1n) is 8.40. The maximum atomic E-state index is 13.7. The van der Waals surface area contributed by atoms with Crippen LogP contribution in [0.15, 0.2) is 30.6 Å². The van der Waals surface area contributed by atoms with Gasteiger partial charge in [0.2, 0.25) is 5.91 Å². The molecule has 6 nitrogen and oxygen atoms in total. The Bertz CT molecular complexity index is 746. The average Bonchev–Trinajstić information content (AvgIpc) is 3.01. The summed E-state index contributed by atoms with van der Waals surface area (Å²) in [4.78, 5) is 16.3. The second-order valence-electron chi connectivity index (χ2n) is 6.27. The van der Waals surface area contributed by atoms with E-state index < -0.39 is 0 Å². The van der Waals surface area contributed by atoms with Crippen molar-refractivity contribution in [3.05, 3.63) is 42.0 Å². The van der Waals surface area contributed by atoms with Gasteiger partial charge in [0.05, 0.1) is 25.5 Å². The van der Waals surface area contributed by atoms with Gasteiger partial charge in [0.1, 0.15) is 0 Å². The van der Waals surface area contributed by atoms with Crippen molar-refractivity contribution in [3.63, 3.8) is 0 Å². The summed E-state index contributed by atoms with van der Waals surface area (Å²) in [5, 5.41) is 4.12. The SMILES string of the molecule is COc1ccc(CCCN2CCN(c3cnn(C)c3)C(=O)C2)cc1F. The van der Waals surface area contributed by atoms with E-state index in [9.17, 15) is 9.18 Å². The van der Waals surface area contributed by atoms with Crippen molar-refractivity contribution >= 4 is 11.6 Å². The molecule has 25 heavy (non-hydrogen) atoms. The van der Waals surface area contributed by atoms with Crippen molar-refractivity contribution in [2.45, 2.75) is 12.8 Å². The number of ether oxygens (including phenoxy) is 1. The zero-order valence-electron chi connectivity index (χ0n) is 14.6. The highest BCUT2D eigenvalue weighted by Gasteiger charge is 2.25. The molecule has 1 amide bonds. The molecule has 3 rings (SSSR count). The molecule has 1 saturated heterocycles. The minimum atomic E-state index is -0.333. The van der Waals surface area contributed by atoms with E-state index in [1.807, 2.05) is 19.3 Å². The Morgan fingerprint density at radius 1 is 1.32 bits per heavy atom. The third-order valence-corrected chi connectivity index (χ3v) is 4.46. The summed E-state index contributed by atoms with van der Waals surface area (Å²) in [6.45, 7) is 2.73. The molecule has 7 heteroatoms. The Morgan fingerprint density at radius 2 is 2.16 bits per heavy atom. The second-order valence-corrected chi connectivity index (χ2v) is 6.27. The van der Waals surface area contributed by atoms with Gasteiger partial charge in [-0.2, -0.15) is 5.10 Å². The van der Waals surface area contributed by atoms with Crippen molar-refractivity contribution in [3.8, 4) is 5.75 Å². The van der Waals surface area contributed by atoms with Gasteiger partial charge in [-0.1, -0.05) is 6.07 Å². The van der Waals surface area contributed by atoms with Gasteiger partial charge in [0.15, 0.2) is 11.6 Å². The molecule has 1 aliphatic rings. The fraction of sp³-hybridized carbons (Fsp3) is 0.444. The summed E-state index contributed by atoms with van der Waals surface area (Å²) in [6.07, 6.45) is 5.22. The lowest BCUT2D eigenvalue weighted by Crippen LogP contribution is -2.50. The molecule has 2 aromatic rings. The van der Waals surface area contributed by atoms with Crippen LogP contribution in [-0.4, -0.2) is 53.9 Å². The molecule has 0 spiro atoms. The molecule has 0 bridgehead atoms. The van der Waals surface area contributed by atoms with Crippen LogP contribution >= 0.6 is 0 Å². The molecular weight excluding hydrogens is 323 g/mol. The number of methoxy groups -OCH3 is 1. The van der Waals surface area contributed by atoms with Gasteiger partial charge in [-0.15, -0.1) is 0 Å². The van der Waals surface area contributed by atoms with Gasteiger partial charge in [-0.3, -0.25) is 14.4 Å². The molecule has 0 atom stereocenters. The summed E-state index contributed by atoms with van der Waals surface area (Å²) in [5.41, 5.74) is 1.79. The summed E-state index contributed by atoms with van der Waals surface area (Å²) in [6, 6.07) is 5.05. The van der Waals surface area contributed by atoms with Gasteiger partial charge in [0, 0.05) is 26.3 Å². The first kappa shape index (κ1) is 17.4. The summed E-state index contributed by atoms with van der Waals surface area (Å²) in [5.74, 6) is 0.0240. The number of aromatic nitrogens is 2. The number of rotatable bonds is 6. The van der Waals surface area contributed by atoms with Crippen LogP contribution in [0.1, 0.15) is 12.0 Å². The van der Waals surface area contributed by atoms with E-state index >= 15 is 0 Å². The van der Waals surface area contributed by atoms with E-state index in [1.54, 1.807) is 21.8 Å². The van der Waals surface area contributed by atoms with E-state index in [1.165, 1.54) is 13.2 Å². The normalized spacial score (nSPS) is 15.6. The number of carbonyl (C=O) groups is 1. The minimum Gasteiger partial charge on any atom is -0.494 e. The molecule has 1 aromatic carbocycles. The number of aryl methyl sites for hydroxylation is 2.